The van der Waals surface area contributed by atoms with Crippen LogP contribution < -0.4 is 5.32 Å². The van der Waals surface area contributed by atoms with Gasteiger partial charge in [-0.1, -0.05) is 30.3 Å². The van der Waals surface area contributed by atoms with Gasteiger partial charge in [0.15, 0.2) is 0 Å². The maximum Gasteiger partial charge on any atom is 0.225 e. The zero-order valence-corrected chi connectivity index (χ0v) is 19.5. The average molecular weight is 474 g/mol. The quantitative estimate of drug-likeness (QED) is 0.666. The number of sulfonamides is 1. The van der Waals surface area contributed by atoms with Crippen molar-refractivity contribution in [2.45, 2.75) is 38.0 Å². The van der Waals surface area contributed by atoms with Gasteiger partial charge >= 0.3 is 0 Å². The molecule has 4 rings (SSSR count). The van der Waals surface area contributed by atoms with E-state index >= 15 is 0 Å². The zero-order chi connectivity index (χ0) is 23.3. The van der Waals surface area contributed by atoms with Crippen molar-refractivity contribution < 1.29 is 22.4 Å². The largest absolute Gasteiger partial charge is 0.467 e. The minimum atomic E-state index is -3.39. The fraction of sp³-hybridized carbons (Fsp3) is 0.500. The zero-order valence-electron chi connectivity index (χ0n) is 18.7. The normalized spacial score (nSPS) is 18.8. The van der Waals surface area contributed by atoms with Gasteiger partial charge in [0.1, 0.15) is 5.76 Å². The maximum absolute atomic E-state index is 13.0. The molecule has 2 aliphatic rings. The standard InChI is InChI=1S/C24H31N3O5S/c28-23(25-17-22-7-4-16-32-22)20-8-12-26(13-9-20)24(29)21-10-14-27(15-11-21)33(30,31)18-19-5-2-1-3-6-19/h1-7,16,20-21H,8-15,17-18H2,(H,25,28). The van der Waals surface area contributed by atoms with Crippen molar-refractivity contribution in [1.29, 1.82) is 0 Å². The lowest BCUT2D eigenvalue weighted by molar-refractivity contribution is -0.140. The topological polar surface area (TPSA) is 99.9 Å². The van der Waals surface area contributed by atoms with Crippen LogP contribution in [0.3, 0.4) is 0 Å². The molecule has 2 fully saturated rings. The fourth-order valence-electron chi connectivity index (χ4n) is 4.61. The second-order valence-electron chi connectivity index (χ2n) is 8.81. The molecular formula is C24H31N3O5S. The van der Waals surface area contributed by atoms with Crippen molar-refractivity contribution in [3.05, 3.63) is 60.1 Å². The second kappa shape index (κ2) is 10.5. The van der Waals surface area contributed by atoms with Crippen LogP contribution in [0, 0.1) is 11.8 Å². The highest BCUT2D eigenvalue weighted by Gasteiger charge is 2.35. The monoisotopic (exact) mass is 473 g/mol. The summed E-state index contributed by atoms with van der Waals surface area (Å²) in [6.07, 6.45) is 3.93. The number of rotatable bonds is 7. The molecule has 9 heteroatoms. The highest BCUT2D eigenvalue weighted by atomic mass is 32.2. The molecule has 2 aromatic rings. The summed E-state index contributed by atoms with van der Waals surface area (Å²) in [4.78, 5) is 27.3. The van der Waals surface area contributed by atoms with E-state index in [1.54, 1.807) is 12.3 Å². The van der Waals surface area contributed by atoms with Crippen molar-refractivity contribution in [3.63, 3.8) is 0 Å². The summed E-state index contributed by atoms with van der Waals surface area (Å²) in [5.74, 6) is 0.529. The maximum atomic E-state index is 13.0. The number of piperidine rings is 2. The summed E-state index contributed by atoms with van der Waals surface area (Å²) < 4.78 is 32.2. The van der Waals surface area contributed by atoms with E-state index in [0.717, 1.165) is 5.56 Å². The third-order valence-corrected chi connectivity index (χ3v) is 8.43. The molecule has 0 atom stereocenters. The molecule has 0 saturated carbocycles. The fourth-order valence-corrected chi connectivity index (χ4v) is 6.17. The lowest BCUT2D eigenvalue weighted by atomic mass is 9.92. The van der Waals surface area contributed by atoms with E-state index in [0.29, 0.717) is 64.2 Å². The van der Waals surface area contributed by atoms with Crippen LogP contribution in [0.4, 0.5) is 0 Å². The molecule has 0 radical (unpaired) electrons. The summed E-state index contributed by atoms with van der Waals surface area (Å²) in [5, 5.41) is 2.90. The van der Waals surface area contributed by atoms with Crippen LogP contribution in [-0.4, -0.2) is 55.6 Å². The molecule has 0 aliphatic carbocycles. The van der Waals surface area contributed by atoms with Crippen LogP contribution >= 0.6 is 0 Å². The van der Waals surface area contributed by atoms with E-state index in [1.165, 1.54) is 4.31 Å². The lowest BCUT2D eigenvalue weighted by Gasteiger charge is -2.36. The Bertz CT molecular complexity index is 1020. The highest BCUT2D eigenvalue weighted by molar-refractivity contribution is 7.88. The number of amides is 2. The number of hydrogen-bond donors (Lipinski definition) is 1. The smallest absolute Gasteiger partial charge is 0.225 e. The Kier molecular flexibility index (Phi) is 7.49. The molecule has 178 valence electrons. The van der Waals surface area contributed by atoms with Gasteiger partial charge in [0.05, 0.1) is 18.6 Å². The number of carbonyl (C=O) groups excluding carboxylic acids is 2. The summed E-state index contributed by atoms with van der Waals surface area (Å²) in [6.45, 7) is 2.24. The first-order chi connectivity index (χ1) is 15.9. The van der Waals surface area contributed by atoms with Gasteiger partial charge in [-0.15, -0.1) is 0 Å². The molecule has 3 heterocycles. The van der Waals surface area contributed by atoms with Crippen LogP contribution in [0.25, 0.3) is 0 Å². The molecule has 2 aliphatic heterocycles. The second-order valence-corrected chi connectivity index (χ2v) is 10.8. The Morgan fingerprint density at radius 3 is 2.21 bits per heavy atom. The molecule has 1 N–H and O–H groups in total. The molecule has 1 aromatic heterocycles. The van der Waals surface area contributed by atoms with E-state index in [2.05, 4.69) is 5.32 Å². The van der Waals surface area contributed by atoms with Crippen LogP contribution in [0.1, 0.15) is 37.0 Å². The van der Waals surface area contributed by atoms with E-state index < -0.39 is 10.0 Å². The van der Waals surface area contributed by atoms with Gasteiger partial charge in [-0.3, -0.25) is 9.59 Å². The predicted molar refractivity (Wildman–Crippen MR) is 123 cm³/mol. The van der Waals surface area contributed by atoms with Crippen molar-refractivity contribution in [2.24, 2.45) is 11.8 Å². The summed E-state index contributed by atoms with van der Waals surface area (Å²) in [6, 6.07) is 12.8. The Hall–Kier alpha value is -2.65. The van der Waals surface area contributed by atoms with E-state index in [-0.39, 0.29) is 29.4 Å². The number of furan rings is 1. The Morgan fingerprint density at radius 2 is 1.58 bits per heavy atom. The number of nitrogens with one attached hydrogen (secondary N) is 1. The number of benzene rings is 1. The van der Waals surface area contributed by atoms with Crippen molar-refractivity contribution in [2.75, 3.05) is 26.2 Å². The molecule has 0 spiro atoms. The van der Waals surface area contributed by atoms with Crippen LogP contribution in [0.15, 0.2) is 53.1 Å². The summed E-state index contributed by atoms with van der Waals surface area (Å²) in [5.41, 5.74) is 0.770. The van der Waals surface area contributed by atoms with Gasteiger partial charge in [-0.2, -0.15) is 0 Å². The molecular weight excluding hydrogens is 442 g/mol. The summed E-state index contributed by atoms with van der Waals surface area (Å²) in [7, 11) is -3.39. The number of hydrogen-bond acceptors (Lipinski definition) is 5. The predicted octanol–water partition coefficient (Wildman–Crippen LogP) is 2.38. The molecule has 0 unspecified atom stereocenters. The highest BCUT2D eigenvalue weighted by Crippen LogP contribution is 2.26. The molecule has 2 amide bonds. The van der Waals surface area contributed by atoms with E-state index in [9.17, 15) is 18.0 Å². The Balaban J connectivity index is 1.21. The van der Waals surface area contributed by atoms with E-state index in [4.69, 9.17) is 4.42 Å². The first-order valence-electron chi connectivity index (χ1n) is 11.5. The third kappa shape index (κ3) is 6.03. The number of likely N-dealkylation sites (tertiary alicyclic amines) is 1. The van der Waals surface area contributed by atoms with Gasteiger partial charge in [-0.25, -0.2) is 12.7 Å². The average Bonchev–Trinajstić information content (AvgIpc) is 3.36. The van der Waals surface area contributed by atoms with Gasteiger partial charge in [0, 0.05) is 38.0 Å². The van der Waals surface area contributed by atoms with Gasteiger partial charge in [-0.05, 0) is 43.4 Å². The molecule has 33 heavy (non-hydrogen) atoms. The Labute approximate surface area is 195 Å². The van der Waals surface area contributed by atoms with Crippen molar-refractivity contribution in [1.82, 2.24) is 14.5 Å². The van der Waals surface area contributed by atoms with Gasteiger partial charge < -0.3 is 14.6 Å². The third-order valence-electron chi connectivity index (χ3n) is 6.58. The molecule has 1 aromatic carbocycles. The van der Waals surface area contributed by atoms with Crippen LogP contribution in [0.2, 0.25) is 0 Å². The number of nitrogens with zero attached hydrogens (tertiary/aromatic N) is 2. The summed E-state index contributed by atoms with van der Waals surface area (Å²) >= 11 is 0. The minimum absolute atomic E-state index is 0.00423. The van der Waals surface area contributed by atoms with Crippen molar-refractivity contribution in [3.8, 4) is 0 Å². The SMILES string of the molecule is O=C(NCc1ccco1)C1CCN(C(=O)C2CCN(S(=O)(=O)Cc3ccccc3)CC2)CC1. The first kappa shape index (κ1) is 23.5. The molecule has 0 bridgehead atoms. The van der Waals surface area contributed by atoms with Crippen LogP contribution in [0.5, 0.6) is 0 Å². The Morgan fingerprint density at radius 1 is 0.909 bits per heavy atom. The van der Waals surface area contributed by atoms with E-state index in [1.807, 2.05) is 41.3 Å². The van der Waals surface area contributed by atoms with Crippen molar-refractivity contribution >= 4 is 21.8 Å². The van der Waals surface area contributed by atoms with Crippen LogP contribution in [-0.2, 0) is 31.9 Å². The molecule has 2 saturated heterocycles. The number of carbonyl (C=O) groups is 2. The van der Waals surface area contributed by atoms with Gasteiger partial charge in [0.2, 0.25) is 21.8 Å². The minimum Gasteiger partial charge on any atom is -0.467 e. The van der Waals surface area contributed by atoms with Gasteiger partial charge in [0.25, 0.3) is 0 Å². The lowest BCUT2D eigenvalue weighted by Crippen LogP contribution is -2.48. The first-order valence-corrected chi connectivity index (χ1v) is 13.1. The molecule has 8 nitrogen and oxygen atoms in total.